The fourth-order valence-corrected chi connectivity index (χ4v) is 6.41. The second-order valence-corrected chi connectivity index (χ2v) is 11.8. The number of hydrogen-bond donors (Lipinski definition) is 0. The van der Waals surface area contributed by atoms with Crippen LogP contribution in [0.5, 0.6) is 17.2 Å². The van der Waals surface area contributed by atoms with Crippen LogP contribution < -0.4 is 19.3 Å². The first-order valence-corrected chi connectivity index (χ1v) is 14.8. The number of rotatable bonds is 9. The summed E-state index contributed by atoms with van der Waals surface area (Å²) in [6.07, 6.45) is 0. The van der Waals surface area contributed by atoms with E-state index in [2.05, 4.69) is 72.8 Å². The van der Waals surface area contributed by atoms with E-state index in [0.717, 1.165) is 28.0 Å². The van der Waals surface area contributed by atoms with E-state index in [0.29, 0.717) is 16.8 Å². The Morgan fingerprint density at radius 1 is 0.487 bits per heavy atom. The lowest BCUT2D eigenvalue weighted by atomic mass is 9.65. The molecule has 0 fully saturated rings. The summed E-state index contributed by atoms with van der Waals surface area (Å²) in [6.45, 7) is 1.64. The van der Waals surface area contributed by atoms with Gasteiger partial charge < -0.3 is 14.0 Å². The van der Waals surface area contributed by atoms with E-state index in [1.165, 1.54) is 0 Å². The van der Waals surface area contributed by atoms with Gasteiger partial charge in [-0.3, -0.25) is 4.57 Å². The molecule has 0 amide bonds. The van der Waals surface area contributed by atoms with Crippen LogP contribution in [0.15, 0.2) is 133 Å². The highest BCUT2D eigenvalue weighted by Gasteiger charge is 2.38. The molecule has 5 rings (SSSR count). The lowest BCUT2D eigenvalue weighted by molar-refractivity contribution is 0.414. The molecule has 1 unspecified atom stereocenters. The minimum atomic E-state index is -3.11. The largest absolute Gasteiger partial charge is 0.497 e. The first-order valence-electron chi connectivity index (χ1n) is 12.8. The Kier molecular flexibility index (Phi) is 7.58. The van der Waals surface area contributed by atoms with Gasteiger partial charge in [0.25, 0.3) is 7.37 Å². The van der Waals surface area contributed by atoms with Gasteiger partial charge in [-0.25, -0.2) is 0 Å². The molecule has 0 aromatic heterocycles. The molecule has 0 spiro atoms. The first kappa shape index (κ1) is 26.3. The number of ether oxygens (including phenoxy) is 2. The van der Waals surface area contributed by atoms with Crippen LogP contribution in [0.25, 0.3) is 0 Å². The van der Waals surface area contributed by atoms with Gasteiger partial charge in [0.1, 0.15) is 17.2 Å². The average Bonchev–Trinajstić information content (AvgIpc) is 3.00. The predicted octanol–water partition coefficient (Wildman–Crippen LogP) is 7.70. The standard InChI is InChI=1S/C34H31O4P/c1-36-30-18-14-28(15-19-30)34(26-10-6-4-7-11-26,27-12-8-5-9-13-27)29-16-20-32(21-17-29)38-39(3,35)33-24-22-31(37-2)23-25-33/h4-25H,1-3H3. The molecule has 4 nitrogen and oxygen atoms in total. The SMILES string of the molecule is COc1ccc(C(c2ccccc2)(c2ccccc2)c2ccc(OP(C)(=O)c3ccc(OC)cc3)cc2)cc1. The molecule has 1 atom stereocenters. The minimum absolute atomic E-state index is 0.546. The Labute approximate surface area is 230 Å². The molecule has 39 heavy (non-hydrogen) atoms. The summed E-state index contributed by atoms with van der Waals surface area (Å²) < 4.78 is 30.3. The van der Waals surface area contributed by atoms with Crippen LogP contribution in [0.4, 0.5) is 0 Å². The van der Waals surface area contributed by atoms with Gasteiger partial charge >= 0.3 is 0 Å². The van der Waals surface area contributed by atoms with Crippen molar-refractivity contribution in [2.45, 2.75) is 5.41 Å². The quantitative estimate of drug-likeness (QED) is 0.144. The topological polar surface area (TPSA) is 44.8 Å². The Hall–Kier alpha value is -4.27. The molecule has 5 aromatic carbocycles. The predicted molar refractivity (Wildman–Crippen MR) is 158 cm³/mol. The maximum atomic E-state index is 13.5. The van der Waals surface area contributed by atoms with Crippen LogP contribution in [-0.2, 0) is 9.98 Å². The number of benzene rings is 5. The highest BCUT2D eigenvalue weighted by molar-refractivity contribution is 7.66. The lowest BCUT2D eigenvalue weighted by Crippen LogP contribution is -2.30. The van der Waals surface area contributed by atoms with Gasteiger partial charge in [0, 0.05) is 12.0 Å². The van der Waals surface area contributed by atoms with Crippen molar-refractivity contribution < 1.29 is 18.6 Å². The fourth-order valence-electron chi connectivity index (χ4n) is 5.09. The van der Waals surface area contributed by atoms with Gasteiger partial charge in [0.2, 0.25) is 0 Å². The summed E-state index contributed by atoms with van der Waals surface area (Å²) in [5.74, 6) is 2.06. The van der Waals surface area contributed by atoms with Crippen molar-refractivity contribution >= 4 is 12.7 Å². The number of hydrogen-bond acceptors (Lipinski definition) is 4. The Morgan fingerprint density at radius 3 is 1.26 bits per heavy atom. The van der Waals surface area contributed by atoms with Crippen molar-refractivity contribution in [3.8, 4) is 17.2 Å². The molecule has 0 saturated carbocycles. The van der Waals surface area contributed by atoms with E-state index >= 15 is 0 Å². The molecule has 0 aliphatic carbocycles. The molecule has 5 heteroatoms. The third-order valence-corrected chi connectivity index (χ3v) is 8.84. The van der Waals surface area contributed by atoms with Gasteiger partial charge in [0.05, 0.1) is 19.6 Å². The van der Waals surface area contributed by atoms with Gasteiger partial charge in [-0.05, 0) is 70.8 Å². The van der Waals surface area contributed by atoms with Gasteiger partial charge in [-0.15, -0.1) is 0 Å². The molecule has 0 radical (unpaired) electrons. The third kappa shape index (κ3) is 5.21. The van der Waals surface area contributed by atoms with E-state index in [1.807, 2.05) is 36.4 Å². The second-order valence-electron chi connectivity index (χ2n) is 9.37. The normalized spacial score (nSPS) is 12.8. The molecular weight excluding hydrogens is 503 g/mol. The smallest absolute Gasteiger partial charge is 0.274 e. The van der Waals surface area contributed by atoms with Crippen LogP contribution in [0.1, 0.15) is 22.3 Å². The second kappa shape index (κ2) is 11.2. The number of methoxy groups -OCH3 is 2. The molecule has 0 heterocycles. The van der Waals surface area contributed by atoms with Gasteiger partial charge in [-0.1, -0.05) is 84.9 Å². The van der Waals surface area contributed by atoms with Crippen molar-refractivity contribution in [3.63, 3.8) is 0 Å². The van der Waals surface area contributed by atoms with Crippen LogP contribution in [0, 0.1) is 0 Å². The molecule has 0 bridgehead atoms. The Bertz CT molecular complexity index is 1510. The summed E-state index contributed by atoms with van der Waals surface area (Å²) in [7, 11) is 0.175. The Balaban J connectivity index is 1.61. The minimum Gasteiger partial charge on any atom is -0.497 e. The van der Waals surface area contributed by atoms with E-state index in [-0.39, 0.29) is 0 Å². The maximum Gasteiger partial charge on any atom is 0.274 e. The molecule has 196 valence electrons. The lowest BCUT2D eigenvalue weighted by Gasteiger charge is -2.37. The Morgan fingerprint density at radius 2 is 0.846 bits per heavy atom. The molecule has 0 N–H and O–H groups in total. The molecule has 5 aromatic rings. The summed E-state index contributed by atoms with van der Waals surface area (Å²) in [4.78, 5) is 0. The first-order chi connectivity index (χ1) is 19.0. The van der Waals surface area contributed by atoms with Crippen molar-refractivity contribution in [3.05, 3.63) is 156 Å². The third-order valence-electron chi connectivity index (χ3n) is 7.05. The zero-order valence-corrected chi connectivity index (χ0v) is 23.2. The highest BCUT2D eigenvalue weighted by atomic mass is 31.2. The summed E-state index contributed by atoms with van der Waals surface area (Å²) in [5.41, 5.74) is 3.84. The van der Waals surface area contributed by atoms with E-state index in [9.17, 15) is 4.57 Å². The van der Waals surface area contributed by atoms with Crippen LogP contribution in [0.3, 0.4) is 0 Å². The monoisotopic (exact) mass is 534 g/mol. The molecule has 0 aliphatic rings. The van der Waals surface area contributed by atoms with Crippen molar-refractivity contribution in [2.24, 2.45) is 0 Å². The van der Waals surface area contributed by atoms with Gasteiger partial charge in [-0.2, -0.15) is 0 Å². The van der Waals surface area contributed by atoms with Gasteiger partial charge in [0.15, 0.2) is 0 Å². The van der Waals surface area contributed by atoms with Crippen LogP contribution >= 0.6 is 7.37 Å². The summed E-state index contributed by atoms with van der Waals surface area (Å²) in [6, 6.07) is 44.3. The molecule has 0 aliphatic heterocycles. The summed E-state index contributed by atoms with van der Waals surface area (Å²) in [5, 5.41) is 0.633. The summed E-state index contributed by atoms with van der Waals surface area (Å²) >= 11 is 0. The zero-order chi connectivity index (χ0) is 27.3. The van der Waals surface area contributed by atoms with E-state index in [4.69, 9.17) is 14.0 Å². The van der Waals surface area contributed by atoms with Crippen LogP contribution in [0.2, 0.25) is 0 Å². The molecular formula is C34H31O4P. The van der Waals surface area contributed by atoms with E-state index < -0.39 is 12.8 Å². The zero-order valence-electron chi connectivity index (χ0n) is 22.3. The maximum absolute atomic E-state index is 13.5. The van der Waals surface area contributed by atoms with Crippen molar-refractivity contribution in [2.75, 3.05) is 20.9 Å². The van der Waals surface area contributed by atoms with E-state index in [1.54, 1.807) is 45.1 Å². The van der Waals surface area contributed by atoms with Crippen molar-refractivity contribution in [1.82, 2.24) is 0 Å². The molecule has 0 saturated heterocycles. The highest BCUT2D eigenvalue weighted by Crippen LogP contribution is 2.47. The average molecular weight is 535 g/mol. The van der Waals surface area contributed by atoms with Crippen LogP contribution in [-0.4, -0.2) is 20.9 Å². The fraction of sp³-hybridized carbons (Fsp3) is 0.118. The van der Waals surface area contributed by atoms with Crippen molar-refractivity contribution in [1.29, 1.82) is 0 Å².